The highest BCUT2D eigenvalue weighted by atomic mass is 13.9. The monoisotopic (exact) mass is 122 g/mol. The maximum Gasteiger partial charge on any atom is 0.0123 e. The van der Waals surface area contributed by atoms with Crippen LogP contribution in [0.15, 0.2) is 11.6 Å². The quantitative estimate of drug-likeness (QED) is 0.399. The van der Waals surface area contributed by atoms with Crippen LogP contribution in [0.1, 0.15) is 33.1 Å². The fourth-order valence-electron chi connectivity index (χ4n) is 0.720. The lowest BCUT2D eigenvalue weighted by atomic mass is 10.1. The van der Waals surface area contributed by atoms with E-state index in [1.54, 1.807) is 0 Å². The molecule has 0 heterocycles. The van der Waals surface area contributed by atoms with Crippen molar-refractivity contribution in [1.29, 1.82) is 0 Å². The van der Waals surface area contributed by atoms with Crippen molar-refractivity contribution < 1.29 is 0 Å². The predicted molar refractivity (Wildman–Crippen MR) is 42.1 cm³/mol. The molecule has 0 radical (unpaired) electrons. The summed E-state index contributed by atoms with van der Waals surface area (Å²) in [6.07, 6.45) is 10.4. The first-order valence-electron chi connectivity index (χ1n) is 3.40. The largest absolute Gasteiger partial charge is 0.120 e. The lowest BCUT2D eigenvalue weighted by Crippen LogP contribution is -1.74. The highest BCUT2D eigenvalue weighted by molar-refractivity contribution is 5.00. The molecule has 0 rings (SSSR count). The van der Waals surface area contributed by atoms with Gasteiger partial charge in [-0.25, -0.2) is 0 Å². The number of hydrogen-bond donors (Lipinski definition) is 0. The highest BCUT2D eigenvalue weighted by Gasteiger charge is 1.84. The summed E-state index contributed by atoms with van der Waals surface area (Å²) in [5, 5.41) is 0. The van der Waals surface area contributed by atoms with Gasteiger partial charge in [-0.05, 0) is 19.8 Å². The molecule has 0 amide bonds. The molecule has 0 saturated heterocycles. The molecule has 0 nitrogen and oxygen atoms in total. The van der Waals surface area contributed by atoms with E-state index in [0.29, 0.717) is 0 Å². The van der Waals surface area contributed by atoms with E-state index in [1.807, 2.05) is 0 Å². The lowest BCUT2D eigenvalue weighted by molar-refractivity contribution is 0.982. The third kappa shape index (κ3) is 5.17. The Labute approximate surface area is 58.0 Å². The molecule has 0 aliphatic rings. The molecule has 0 bridgehead atoms. The Balaban J connectivity index is 3.40. The SMILES string of the molecule is C#CCCC(C)=CCC. The van der Waals surface area contributed by atoms with Crippen LogP contribution >= 0.6 is 0 Å². The van der Waals surface area contributed by atoms with Gasteiger partial charge in [-0.3, -0.25) is 0 Å². The maximum absolute atomic E-state index is 5.10. The van der Waals surface area contributed by atoms with Crippen LogP contribution < -0.4 is 0 Å². The molecule has 0 saturated carbocycles. The number of terminal acetylenes is 1. The first-order valence-corrected chi connectivity index (χ1v) is 3.40. The molecule has 0 spiro atoms. The first kappa shape index (κ1) is 8.30. The molecule has 0 fully saturated rings. The molecule has 0 aromatic rings. The Morgan fingerprint density at radius 3 is 2.78 bits per heavy atom. The van der Waals surface area contributed by atoms with E-state index in [4.69, 9.17) is 6.42 Å². The Morgan fingerprint density at radius 1 is 1.67 bits per heavy atom. The van der Waals surface area contributed by atoms with Gasteiger partial charge in [0.15, 0.2) is 0 Å². The molecule has 0 aliphatic carbocycles. The van der Waals surface area contributed by atoms with Crippen LogP contribution in [0.25, 0.3) is 0 Å². The van der Waals surface area contributed by atoms with Crippen LogP contribution in [0.5, 0.6) is 0 Å². The van der Waals surface area contributed by atoms with E-state index in [0.717, 1.165) is 19.3 Å². The zero-order valence-electron chi connectivity index (χ0n) is 6.28. The molecule has 9 heavy (non-hydrogen) atoms. The molecule has 0 heteroatoms. The molecule has 0 N–H and O–H groups in total. The number of hydrogen-bond acceptors (Lipinski definition) is 0. The van der Waals surface area contributed by atoms with Gasteiger partial charge in [0.25, 0.3) is 0 Å². The molecular weight excluding hydrogens is 108 g/mol. The zero-order chi connectivity index (χ0) is 7.11. The second-order valence-electron chi connectivity index (χ2n) is 2.16. The van der Waals surface area contributed by atoms with E-state index in [2.05, 4.69) is 25.8 Å². The average Bonchev–Trinajstić information content (AvgIpc) is 1.85. The van der Waals surface area contributed by atoms with Crippen molar-refractivity contribution in [1.82, 2.24) is 0 Å². The van der Waals surface area contributed by atoms with Crippen molar-refractivity contribution in [3.05, 3.63) is 11.6 Å². The lowest BCUT2D eigenvalue weighted by Gasteiger charge is -1.93. The van der Waals surface area contributed by atoms with Crippen LogP contribution in [-0.2, 0) is 0 Å². The van der Waals surface area contributed by atoms with Gasteiger partial charge in [-0.2, -0.15) is 0 Å². The fraction of sp³-hybridized carbons (Fsp3) is 0.556. The van der Waals surface area contributed by atoms with Crippen molar-refractivity contribution in [3.63, 3.8) is 0 Å². The van der Waals surface area contributed by atoms with Crippen molar-refractivity contribution in [3.8, 4) is 12.3 Å². The van der Waals surface area contributed by atoms with E-state index in [1.165, 1.54) is 5.57 Å². The van der Waals surface area contributed by atoms with E-state index in [-0.39, 0.29) is 0 Å². The normalized spacial score (nSPS) is 11.0. The van der Waals surface area contributed by atoms with E-state index in [9.17, 15) is 0 Å². The van der Waals surface area contributed by atoms with Gasteiger partial charge in [-0.15, -0.1) is 12.3 Å². The fourth-order valence-corrected chi connectivity index (χ4v) is 0.720. The summed E-state index contributed by atoms with van der Waals surface area (Å²) in [7, 11) is 0. The van der Waals surface area contributed by atoms with Gasteiger partial charge < -0.3 is 0 Å². The van der Waals surface area contributed by atoms with Crippen LogP contribution in [0.2, 0.25) is 0 Å². The summed E-state index contributed by atoms with van der Waals surface area (Å²) in [6, 6.07) is 0. The van der Waals surface area contributed by atoms with Crippen molar-refractivity contribution in [2.75, 3.05) is 0 Å². The minimum absolute atomic E-state index is 0.877. The van der Waals surface area contributed by atoms with Gasteiger partial charge in [0, 0.05) is 6.42 Å². The minimum Gasteiger partial charge on any atom is -0.120 e. The standard InChI is InChI=1S/C9H14/c1-4-6-8-9(3)7-5-2/h1,7H,5-6,8H2,2-3H3. The molecule has 50 valence electrons. The Morgan fingerprint density at radius 2 is 2.33 bits per heavy atom. The van der Waals surface area contributed by atoms with Crippen LogP contribution in [0, 0.1) is 12.3 Å². The Kier molecular flexibility index (Phi) is 5.01. The van der Waals surface area contributed by atoms with Crippen LogP contribution in [0.4, 0.5) is 0 Å². The topological polar surface area (TPSA) is 0 Å². The molecular formula is C9H14. The summed E-state index contributed by atoms with van der Waals surface area (Å²) in [6.45, 7) is 4.26. The van der Waals surface area contributed by atoms with Gasteiger partial charge in [-0.1, -0.05) is 18.6 Å². The molecule has 0 unspecified atom stereocenters. The van der Waals surface area contributed by atoms with Crippen LogP contribution in [0.3, 0.4) is 0 Å². The summed E-state index contributed by atoms with van der Waals surface area (Å²) in [5.41, 5.74) is 1.41. The Hall–Kier alpha value is -0.700. The average molecular weight is 122 g/mol. The first-order chi connectivity index (χ1) is 4.31. The van der Waals surface area contributed by atoms with Gasteiger partial charge in [0.1, 0.15) is 0 Å². The van der Waals surface area contributed by atoms with Gasteiger partial charge >= 0.3 is 0 Å². The van der Waals surface area contributed by atoms with Crippen molar-refractivity contribution in [2.24, 2.45) is 0 Å². The molecule has 0 aromatic carbocycles. The molecule has 0 aliphatic heterocycles. The highest BCUT2D eigenvalue weighted by Crippen LogP contribution is 2.02. The predicted octanol–water partition coefficient (Wildman–Crippen LogP) is 2.76. The summed E-state index contributed by atoms with van der Waals surface area (Å²) >= 11 is 0. The van der Waals surface area contributed by atoms with Crippen molar-refractivity contribution >= 4 is 0 Å². The molecule has 0 aromatic heterocycles. The minimum atomic E-state index is 0.877. The maximum atomic E-state index is 5.10. The van der Waals surface area contributed by atoms with E-state index < -0.39 is 0 Å². The van der Waals surface area contributed by atoms with Gasteiger partial charge in [0.05, 0.1) is 0 Å². The number of allylic oxidation sites excluding steroid dienone is 2. The number of rotatable bonds is 3. The third-order valence-corrected chi connectivity index (χ3v) is 1.22. The van der Waals surface area contributed by atoms with Crippen LogP contribution in [-0.4, -0.2) is 0 Å². The van der Waals surface area contributed by atoms with E-state index >= 15 is 0 Å². The second kappa shape index (κ2) is 5.44. The summed E-state index contributed by atoms with van der Waals surface area (Å²) in [4.78, 5) is 0. The summed E-state index contributed by atoms with van der Waals surface area (Å²) in [5.74, 6) is 2.62. The molecule has 0 atom stereocenters. The van der Waals surface area contributed by atoms with Gasteiger partial charge in [0.2, 0.25) is 0 Å². The van der Waals surface area contributed by atoms with Crippen molar-refractivity contribution in [2.45, 2.75) is 33.1 Å². The summed E-state index contributed by atoms with van der Waals surface area (Å²) < 4.78 is 0. The Bertz CT molecular complexity index is 123. The third-order valence-electron chi connectivity index (χ3n) is 1.22. The smallest absolute Gasteiger partial charge is 0.0123 e. The second-order valence-corrected chi connectivity index (χ2v) is 2.16. The zero-order valence-corrected chi connectivity index (χ0v) is 6.28.